The van der Waals surface area contributed by atoms with Gasteiger partial charge in [0.2, 0.25) is 0 Å². The average Bonchev–Trinajstić information content (AvgIpc) is 3.95. The second kappa shape index (κ2) is 16.0. The summed E-state index contributed by atoms with van der Waals surface area (Å²) in [5.74, 6) is 2.48. The lowest BCUT2D eigenvalue weighted by Crippen LogP contribution is -2.56. The summed E-state index contributed by atoms with van der Waals surface area (Å²) in [6.07, 6.45) is 5.02. The molecule has 1 aromatic heterocycles. The minimum absolute atomic E-state index is 0.118. The summed E-state index contributed by atoms with van der Waals surface area (Å²) in [7, 11) is 0. The molecule has 2 bridgehead atoms. The first-order chi connectivity index (χ1) is 35.5. The van der Waals surface area contributed by atoms with Gasteiger partial charge in [-0.15, -0.1) is 11.3 Å². The molecule has 1 nitrogen and oxygen atoms in total. The van der Waals surface area contributed by atoms with Crippen molar-refractivity contribution in [2.45, 2.75) is 50.4 Å². The van der Waals surface area contributed by atoms with Crippen LogP contribution in [0.3, 0.4) is 0 Å². The fourth-order valence-corrected chi connectivity index (χ4v) is 16.6. The molecule has 4 aliphatic rings. The second-order valence-electron chi connectivity index (χ2n) is 21.7. The Balaban J connectivity index is 0.968. The van der Waals surface area contributed by atoms with E-state index in [0.717, 1.165) is 5.69 Å². The summed E-state index contributed by atoms with van der Waals surface area (Å²) >= 11 is 1.88. The van der Waals surface area contributed by atoms with Crippen LogP contribution in [-0.2, 0) is 10.8 Å². The van der Waals surface area contributed by atoms with Crippen LogP contribution in [0.5, 0.6) is 0 Å². The molecule has 2 spiro atoms. The van der Waals surface area contributed by atoms with Crippen molar-refractivity contribution in [3.63, 3.8) is 0 Å². The molecule has 0 atom stereocenters. The van der Waals surface area contributed by atoms with Crippen LogP contribution < -0.4 is 4.90 Å². The van der Waals surface area contributed by atoms with Crippen LogP contribution in [0.25, 0.3) is 64.3 Å². The standard InChI is InChI=1S/C70H55NS/c1-44-39-48-41-45(2)42-49(40-44)69(48)61-28-12-13-29-62(61)70(59-26-10-7-22-55(59)56-23-8-11-27-60(56)70)63-38-37-51(43-64(63)69)71(65-30-15-18-46-17-3-4-20-53(46)65)50-35-33-47(34-36-50)52-19-5-6-21-54(52)57-25-16-32-67-68(57)58-24-9-14-31-66(58)72-67/h3-38,43-45,48-49H,39-42H2,1-2H3/t44-,45+,48+,49-,69?. The van der Waals surface area contributed by atoms with Gasteiger partial charge in [-0.05, 0) is 164 Å². The molecule has 2 saturated carbocycles. The molecule has 0 radical (unpaired) electrons. The lowest BCUT2D eigenvalue weighted by molar-refractivity contribution is 0.0238. The third-order valence-corrected chi connectivity index (χ3v) is 19.1. The summed E-state index contributed by atoms with van der Waals surface area (Å²) in [5, 5.41) is 5.16. The highest BCUT2D eigenvalue weighted by molar-refractivity contribution is 7.25. The molecule has 0 amide bonds. The highest BCUT2D eigenvalue weighted by Gasteiger charge is 2.62. The Labute approximate surface area is 427 Å². The minimum Gasteiger partial charge on any atom is -0.310 e. The average molecular weight is 942 g/mol. The zero-order valence-corrected chi connectivity index (χ0v) is 41.7. The number of hydrogen-bond acceptors (Lipinski definition) is 2. The molecule has 346 valence electrons. The summed E-state index contributed by atoms with van der Waals surface area (Å²) in [6.45, 7) is 5.07. The van der Waals surface area contributed by atoms with E-state index in [4.69, 9.17) is 0 Å². The zero-order valence-electron chi connectivity index (χ0n) is 40.9. The molecule has 2 fully saturated rings. The normalized spacial score (nSPS) is 21.1. The molecular formula is C70H55NS. The molecule has 0 unspecified atom stereocenters. The van der Waals surface area contributed by atoms with Crippen molar-refractivity contribution in [3.8, 4) is 33.4 Å². The molecule has 0 aliphatic heterocycles. The molecule has 72 heavy (non-hydrogen) atoms. The van der Waals surface area contributed by atoms with Gasteiger partial charge in [-0.2, -0.15) is 0 Å². The third-order valence-electron chi connectivity index (χ3n) is 17.9. The van der Waals surface area contributed by atoms with Gasteiger partial charge in [0, 0.05) is 42.3 Å². The number of hydrogen-bond donors (Lipinski definition) is 0. The number of nitrogens with zero attached hydrogens (tertiary/aromatic N) is 1. The van der Waals surface area contributed by atoms with Crippen LogP contribution in [0.2, 0.25) is 0 Å². The molecule has 0 N–H and O–H groups in total. The highest BCUT2D eigenvalue weighted by Crippen LogP contribution is 2.69. The Kier molecular flexibility index (Phi) is 9.37. The minimum atomic E-state index is -0.440. The van der Waals surface area contributed by atoms with E-state index in [-0.39, 0.29) is 5.41 Å². The van der Waals surface area contributed by atoms with Crippen LogP contribution in [0.15, 0.2) is 224 Å². The molecule has 4 aliphatic carbocycles. The predicted octanol–water partition coefficient (Wildman–Crippen LogP) is 19.1. The van der Waals surface area contributed by atoms with Crippen molar-refractivity contribution >= 4 is 59.3 Å². The smallest absolute Gasteiger partial charge is 0.0719 e. The number of rotatable bonds is 5. The van der Waals surface area contributed by atoms with E-state index in [1.165, 1.54) is 124 Å². The Morgan fingerprint density at radius 2 is 0.903 bits per heavy atom. The zero-order chi connectivity index (χ0) is 47.7. The SMILES string of the molecule is C[C@H]1C[C@@H]2C[C@@H](C)C[C@H](C1)C21c2ccccc2C2(c3ccccc3-c3ccccc32)c2ccc(N(c3ccc(-c4ccccc4-c4cccc5sc6ccccc6c45)cc3)c3cccc4ccccc34)cc21. The fourth-order valence-electron chi connectivity index (χ4n) is 15.5. The Hall–Kier alpha value is -7.52. The van der Waals surface area contributed by atoms with E-state index in [1.54, 1.807) is 11.1 Å². The quantitative estimate of drug-likeness (QED) is 0.166. The summed E-state index contributed by atoms with van der Waals surface area (Å²) in [6, 6.07) is 86.2. The molecular weight excluding hydrogens is 887 g/mol. The van der Waals surface area contributed by atoms with E-state index in [2.05, 4.69) is 243 Å². The maximum absolute atomic E-state index is 2.71. The monoisotopic (exact) mass is 941 g/mol. The second-order valence-corrected chi connectivity index (χ2v) is 22.8. The molecule has 1 heterocycles. The van der Waals surface area contributed by atoms with Gasteiger partial charge in [0.05, 0.1) is 11.1 Å². The van der Waals surface area contributed by atoms with Crippen LogP contribution >= 0.6 is 11.3 Å². The van der Waals surface area contributed by atoms with E-state index in [1.807, 2.05) is 11.3 Å². The number of thiophene rings is 1. The maximum atomic E-state index is 2.71. The van der Waals surface area contributed by atoms with E-state index in [0.29, 0.717) is 23.7 Å². The van der Waals surface area contributed by atoms with Crippen molar-refractivity contribution in [1.29, 1.82) is 0 Å². The first-order valence-corrected chi connectivity index (χ1v) is 27.2. The van der Waals surface area contributed by atoms with E-state index < -0.39 is 5.41 Å². The maximum Gasteiger partial charge on any atom is 0.0719 e. The van der Waals surface area contributed by atoms with Gasteiger partial charge >= 0.3 is 0 Å². The van der Waals surface area contributed by atoms with Crippen LogP contribution in [0.4, 0.5) is 17.1 Å². The van der Waals surface area contributed by atoms with Crippen molar-refractivity contribution in [2.75, 3.05) is 4.90 Å². The molecule has 15 rings (SSSR count). The van der Waals surface area contributed by atoms with Gasteiger partial charge in [-0.25, -0.2) is 0 Å². The molecule has 0 saturated heterocycles. The van der Waals surface area contributed by atoms with Crippen molar-refractivity contribution in [3.05, 3.63) is 258 Å². The Morgan fingerprint density at radius 1 is 0.389 bits per heavy atom. The van der Waals surface area contributed by atoms with Gasteiger partial charge in [-0.3, -0.25) is 0 Å². The first-order valence-electron chi connectivity index (χ1n) is 26.3. The lowest BCUT2D eigenvalue weighted by Gasteiger charge is -2.61. The number of benzene rings is 10. The van der Waals surface area contributed by atoms with Gasteiger partial charge in [0.15, 0.2) is 0 Å². The van der Waals surface area contributed by atoms with Crippen molar-refractivity contribution < 1.29 is 0 Å². The van der Waals surface area contributed by atoms with Gasteiger partial charge in [0.25, 0.3) is 0 Å². The van der Waals surface area contributed by atoms with Crippen LogP contribution in [-0.4, -0.2) is 0 Å². The van der Waals surface area contributed by atoms with E-state index >= 15 is 0 Å². The van der Waals surface area contributed by atoms with Crippen LogP contribution in [0, 0.1) is 23.7 Å². The fraction of sp³-hybridized carbons (Fsp3) is 0.171. The Bertz CT molecular complexity index is 3890. The third kappa shape index (κ3) is 5.82. The topological polar surface area (TPSA) is 3.24 Å². The van der Waals surface area contributed by atoms with Gasteiger partial charge in [0.1, 0.15) is 0 Å². The first kappa shape index (κ1) is 42.2. The Morgan fingerprint density at radius 3 is 1.62 bits per heavy atom. The number of anilines is 3. The summed E-state index contributed by atoms with van der Waals surface area (Å²) < 4.78 is 2.66. The van der Waals surface area contributed by atoms with Gasteiger partial charge < -0.3 is 4.90 Å². The highest BCUT2D eigenvalue weighted by atomic mass is 32.1. The van der Waals surface area contributed by atoms with E-state index in [9.17, 15) is 0 Å². The van der Waals surface area contributed by atoms with Crippen molar-refractivity contribution in [1.82, 2.24) is 0 Å². The van der Waals surface area contributed by atoms with Crippen molar-refractivity contribution in [2.24, 2.45) is 23.7 Å². The predicted molar refractivity (Wildman–Crippen MR) is 304 cm³/mol. The van der Waals surface area contributed by atoms with Gasteiger partial charge in [-0.1, -0.05) is 196 Å². The number of fused-ring (bicyclic) bond motifs is 13. The largest absolute Gasteiger partial charge is 0.310 e. The summed E-state index contributed by atoms with van der Waals surface area (Å²) in [4.78, 5) is 2.58. The summed E-state index contributed by atoms with van der Waals surface area (Å²) in [5.41, 5.74) is 19.6. The van der Waals surface area contributed by atoms with Crippen LogP contribution in [0.1, 0.15) is 72.9 Å². The lowest BCUT2D eigenvalue weighted by atomic mass is 9.41. The molecule has 2 heteroatoms. The molecule has 11 aromatic rings. The molecule has 10 aromatic carbocycles.